The minimum Gasteiger partial charge on any atom is -0.478 e. The third-order valence-corrected chi connectivity index (χ3v) is 8.56. The number of hydrogen-bond donors (Lipinski definition) is 1. The van der Waals surface area contributed by atoms with E-state index in [0.29, 0.717) is 40.9 Å². The van der Waals surface area contributed by atoms with Crippen LogP contribution in [0.3, 0.4) is 0 Å². The van der Waals surface area contributed by atoms with E-state index in [0.717, 1.165) is 62.1 Å². The van der Waals surface area contributed by atoms with Gasteiger partial charge in [-0.15, -0.1) is 0 Å². The molecule has 1 aromatic heterocycles. The van der Waals surface area contributed by atoms with Gasteiger partial charge in [0.05, 0.1) is 30.5 Å². The molecule has 0 aliphatic carbocycles. The van der Waals surface area contributed by atoms with Crippen LogP contribution in [0.25, 0.3) is 6.08 Å². The van der Waals surface area contributed by atoms with Crippen molar-refractivity contribution in [2.45, 2.75) is 64.0 Å². The lowest BCUT2D eigenvalue weighted by Crippen LogP contribution is -2.35. The normalized spacial score (nSPS) is 22.8. The minimum atomic E-state index is -1.28. The van der Waals surface area contributed by atoms with E-state index in [2.05, 4.69) is 15.5 Å². The third-order valence-electron chi connectivity index (χ3n) is 8.32. The molecule has 0 radical (unpaired) electrons. The number of halogens is 2. The van der Waals surface area contributed by atoms with Crippen LogP contribution in [0.5, 0.6) is 11.5 Å². The largest absolute Gasteiger partial charge is 0.478 e. The summed E-state index contributed by atoms with van der Waals surface area (Å²) < 4.78 is 35.1. The molecule has 2 atom stereocenters. The monoisotopic (exact) mass is 581 g/mol. The summed E-state index contributed by atoms with van der Waals surface area (Å²) in [6.45, 7) is 7.59. The van der Waals surface area contributed by atoms with Crippen molar-refractivity contribution in [2.75, 3.05) is 19.7 Å². The lowest BCUT2D eigenvalue weighted by molar-refractivity contribution is -0.131. The summed E-state index contributed by atoms with van der Waals surface area (Å²) in [7, 11) is 0. The molecule has 3 aliphatic rings. The zero-order valence-corrected chi connectivity index (χ0v) is 23.9. The molecule has 6 rings (SSSR count). The van der Waals surface area contributed by atoms with Crippen LogP contribution in [0.15, 0.2) is 42.5 Å². The van der Waals surface area contributed by atoms with E-state index in [1.165, 1.54) is 6.07 Å². The van der Waals surface area contributed by atoms with Gasteiger partial charge in [-0.05, 0) is 75.5 Å². The fourth-order valence-electron chi connectivity index (χ4n) is 5.95. The van der Waals surface area contributed by atoms with Crippen LogP contribution in [-0.2, 0) is 28.4 Å². The molecule has 3 aromatic rings. The molecule has 2 fully saturated rings. The maximum Gasteiger partial charge on any atom is 0.328 e. The molecule has 10 heteroatoms. The summed E-state index contributed by atoms with van der Waals surface area (Å²) in [5, 5.41) is 9.41. The Balaban J connectivity index is 1.16. The minimum absolute atomic E-state index is 0.165. The topological polar surface area (TPSA) is 86.0 Å². The van der Waals surface area contributed by atoms with Gasteiger partial charge in [-0.25, -0.2) is 14.2 Å². The number of benzene rings is 2. The van der Waals surface area contributed by atoms with Gasteiger partial charge in [0.15, 0.2) is 11.5 Å². The Hall–Kier alpha value is -3.40. The van der Waals surface area contributed by atoms with Crippen molar-refractivity contribution in [3.05, 3.63) is 81.7 Å². The molecule has 0 saturated carbocycles. The van der Waals surface area contributed by atoms with Crippen molar-refractivity contribution in [3.8, 4) is 11.5 Å². The van der Waals surface area contributed by atoms with Gasteiger partial charge < -0.3 is 23.9 Å². The van der Waals surface area contributed by atoms with Crippen LogP contribution < -0.4 is 9.47 Å². The molecule has 1 N–H and O–H groups in total. The van der Waals surface area contributed by atoms with E-state index in [4.69, 9.17) is 35.9 Å². The van der Waals surface area contributed by atoms with Gasteiger partial charge in [-0.1, -0.05) is 23.7 Å². The number of fused-ring (bicyclic) bond motifs is 1. The zero-order chi connectivity index (χ0) is 28.7. The van der Waals surface area contributed by atoms with Gasteiger partial charge in [0.1, 0.15) is 11.6 Å². The summed E-state index contributed by atoms with van der Waals surface area (Å²) in [5.74, 6) is -0.281. The lowest BCUT2D eigenvalue weighted by atomic mass is 9.88. The van der Waals surface area contributed by atoms with Gasteiger partial charge >= 0.3 is 5.97 Å². The molecule has 0 amide bonds. The second-order valence-electron chi connectivity index (χ2n) is 11.1. The Morgan fingerprint density at radius 1 is 1.22 bits per heavy atom. The first-order chi connectivity index (χ1) is 19.7. The van der Waals surface area contributed by atoms with Crippen LogP contribution in [0, 0.1) is 12.7 Å². The van der Waals surface area contributed by atoms with E-state index >= 15 is 0 Å². The van der Waals surface area contributed by atoms with Crippen molar-refractivity contribution in [3.63, 3.8) is 0 Å². The quantitative estimate of drug-likeness (QED) is 0.332. The van der Waals surface area contributed by atoms with Crippen LogP contribution >= 0.6 is 11.6 Å². The number of piperidine rings is 1. The van der Waals surface area contributed by atoms with Gasteiger partial charge in [-0.3, -0.25) is 4.90 Å². The molecule has 0 spiro atoms. The Morgan fingerprint density at radius 3 is 2.68 bits per heavy atom. The Kier molecular flexibility index (Phi) is 7.52. The average Bonchev–Trinajstić information content (AvgIpc) is 3.41. The van der Waals surface area contributed by atoms with Gasteiger partial charge in [0.25, 0.3) is 5.79 Å². The highest BCUT2D eigenvalue weighted by Crippen LogP contribution is 2.49. The number of nitrogens with zero attached hydrogens (tertiary/aromatic N) is 3. The van der Waals surface area contributed by atoms with Crippen molar-refractivity contribution < 1.29 is 28.5 Å². The summed E-state index contributed by atoms with van der Waals surface area (Å²) >= 11 is 5.96. The van der Waals surface area contributed by atoms with E-state index in [1.807, 2.05) is 19.1 Å². The lowest BCUT2D eigenvalue weighted by Gasteiger charge is -2.33. The zero-order valence-electron chi connectivity index (χ0n) is 23.1. The highest BCUT2D eigenvalue weighted by atomic mass is 35.5. The predicted octanol–water partition coefficient (Wildman–Crippen LogP) is 5.89. The first-order valence-corrected chi connectivity index (χ1v) is 14.4. The summed E-state index contributed by atoms with van der Waals surface area (Å²) in [6, 6.07) is 10.4. The van der Waals surface area contributed by atoms with Crippen molar-refractivity contribution in [1.82, 2.24) is 14.5 Å². The molecular weight excluding hydrogens is 549 g/mol. The number of rotatable bonds is 8. The number of hydrogen-bond acceptors (Lipinski definition) is 6. The second kappa shape index (κ2) is 11.1. The van der Waals surface area contributed by atoms with E-state index in [-0.39, 0.29) is 12.0 Å². The second-order valence-corrected chi connectivity index (χ2v) is 11.5. The van der Waals surface area contributed by atoms with Gasteiger partial charge in [0.2, 0.25) is 0 Å². The molecule has 8 nitrogen and oxygen atoms in total. The number of aromatic nitrogens is 2. The standard InChI is InChI=1S/C31H33ClFN3O5/c1-19-26(8-9-29(37)38)34-28(36(19)17-22-12-15-39-22)18-35-13-10-20(11-14-35)23-4-3-5-27-30(23)41-31(2,40-27)24-7-6-21(32)16-25(24)33/h3-9,16,20,22H,10-15,17-18H2,1-2H3,(H,37,38)/b9-8+/t22-,31-/m0/s1. The first kappa shape index (κ1) is 27.8. The van der Waals surface area contributed by atoms with Crippen LogP contribution in [0.4, 0.5) is 4.39 Å². The average molecular weight is 582 g/mol. The molecule has 2 saturated heterocycles. The number of ether oxygens (including phenoxy) is 3. The molecule has 41 heavy (non-hydrogen) atoms. The smallest absolute Gasteiger partial charge is 0.328 e. The number of likely N-dealkylation sites (tertiary alicyclic amines) is 1. The Morgan fingerprint density at radius 2 is 2.00 bits per heavy atom. The van der Waals surface area contributed by atoms with Crippen LogP contribution in [-0.4, -0.2) is 51.3 Å². The SMILES string of the molecule is Cc1c(/C=C/C(=O)O)nc(CN2CCC(c3cccc4c3O[C@@](C)(c3ccc(Cl)cc3F)O4)CC2)n1C[C@@H]1CCO1. The molecule has 0 unspecified atom stereocenters. The van der Waals surface area contributed by atoms with E-state index in [9.17, 15) is 9.18 Å². The molecule has 216 valence electrons. The number of carboxylic acids is 1. The molecule has 4 heterocycles. The maximum atomic E-state index is 14.8. The Labute approximate surface area is 243 Å². The number of carboxylic acid groups (broad SMARTS) is 1. The van der Waals surface area contributed by atoms with Crippen molar-refractivity contribution in [1.29, 1.82) is 0 Å². The predicted molar refractivity (Wildman–Crippen MR) is 152 cm³/mol. The number of aliphatic carboxylic acids is 1. The number of para-hydroxylation sites is 1. The third kappa shape index (κ3) is 5.58. The van der Waals surface area contributed by atoms with Crippen LogP contribution in [0.1, 0.15) is 60.4 Å². The maximum absolute atomic E-state index is 14.8. The first-order valence-electron chi connectivity index (χ1n) is 14.0. The summed E-state index contributed by atoms with van der Waals surface area (Å²) in [5.41, 5.74) is 2.99. The fourth-order valence-corrected chi connectivity index (χ4v) is 6.11. The fraction of sp³-hybridized carbons (Fsp3) is 0.419. The van der Waals surface area contributed by atoms with Crippen molar-refractivity contribution >= 4 is 23.6 Å². The summed E-state index contributed by atoms with van der Waals surface area (Å²) in [6.07, 6.45) is 5.71. The van der Waals surface area contributed by atoms with Crippen molar-refractivity contribution in [2.24, 2.45) is 0 Å². The van der Waals surface area contributed by atoms with Gasteiger partial charge in [0, 0.05) is 35.9 Å². The highest BCUT2D eigenvalue weighted by Gasteiger charge is 2.43. The molecule has 3 aliphatic heterocycles. The van der Waals surface area contributed by atoms with Gasteiger partial charge in [-0.2, -0.15) is 0 Å². The van der Waals surface area contributed by atoms with Crippen LogP contribution in [0.2, 0.25) is 5.02 Å². The summed E-state index contributed by atoms with van der Waals surface area (Å²) in [4.78, 5) is 18.3. The number of carbonyl (C=O) groups is 1. The molecule has 2 aromatic carbocycles. The molecule has 0 bridgehead atoms. The van der Waals surface area contributed by atoms with E-state index < -0.39 is 17.6 Å². The Bertz CT molecular complexity index is 1500. The molecular formula is C31H33ClFN3O5. The van der Waals surface area contributed by atoms with E-state index in [1.54, 1.807) is 25.1 Å². The number of imidazole rings is 1. The highest BCUT2D eigenvalue weighted by molar-refractivity contribution is 6.30.